The SMILES string of the molecule is CN1CCC2(CC1)CC(=N)NC2=O. The molecule has 2 rings (SSSR count). The third-order valence-corrected chi connectivity index (χ3v) is 3.21. The molecule has 0 bridgehead atoms. The van der Waals surface area contributed by atoms with Gasteiger partial charge in [0.2, 0.25) is 5.91 Å². The van der Waals surface area contributed by atoms with Crippen LogP contribution in [0.15, 0.2) is 0 Å². The number of rotatable bonds is 0. The van der Waals surface area contributed by atoms with E-state index in [0.29, 0.717) is 12.3 Å². The number of carbonyl (C=O) groups is 1. The van der Waals surface area contributed by atoms with E-state index < -0.39 is 0 Å². The number of amidine groups is 1. The van der Waals surface area contributed by atoms with E-state index in [1.54, 1.807) is 0 Å². The number of carbonyl (C=O) groups excluding carboxylic acids is 1. The fourth-order valence-corrected chi connectivity index (χ4v) is 2.18. The molecule has 72 valence electrons. The molecule has 0 saturated carbocycles. The van der Waals surface area contributed by atoms with E-state index >= 15 is 0 Å². The second-order valence-electron chi connectivity index (χ2n) is 4.19. The molecule has 0 aromatic carbocycles. The molecule has 0 aromatic rings. The first-order valence-corrected chi connectivity index (χ1v) is 4.70. The number of nitrogens with zero attached hydrogens (tertiary/aromatic N) is 1. The molecule has 2 heterocycles. The van der Waals surface area contributed by atoms with Gasteiger partial charge in [-0.2, -0.15) is 0 Å². The average Bonchev–Trinajstić information content (AvgIpc) is 2.34. The first-order valence-electron chi connectivity index (χ1n) is 4.70. The van der Waals surface area contributed by atoms with Crippen molar-refractivity contribution >= 4 is 11.7 Å². The van der Waals surface area contributed by atoms with Crippen molar-refractivity contribution in [3.05, 3.63) is 0 Å². The molecule has 0 atom stereocenters. The molecule has 0 aliphatic carbocycles. The fourth-order valence-electron chi connectivity index (χ4n) is 2.18. The van der Waals surface area contributed by atoms with Crippen LogP contribution in [-0.2, 0) is 4.79 Å². The Kier molecular flexibility index (Phi) is 1.87. The zero-order valence-electron chi connectivity index (χ0n) is 7.89. The van der Waals surface area contributed by atoms with E-state index in [9.17, 15) is 4.79 Å². The third-order valence-electron chi connectivity index (χ3n) is 3.21. The number of hydrogen-bond acceptors (Lipinski definition) is 3. The van der Waals surface area contributed by atoms with Gasteiger partial charge in [-0.15, -0.1) is 0 Å². The van der Waals surface area contributed by atoms with Crippen LogP contribution in [-0.4, -0.2) is 36.8 Å². The van der Waals surface area contributed by atoms with Crippen molar-refractivity contribution in [1.82, 2.24) is 10.2 Å². The van der Waals surface area contributed by atoms with Gasteiger partial charge in [0, 0.05) is 6.42 Å². The predicted molar refractivity (Wildman–Crippen MR) is 49.7 cm³/mol. The Hall–Kier alpha value is -0.900. The second kappa shape index (κ2) is 2.80. The van der Waals surface area contributed by atoms with Gasteiger partial charge in [-0.1, -0.05) is 0 Å². The summed E-state index contributed by atoms with van der Waals surface area (Å²) < 4.78 is 0. The minimum Gasteiger partial charge on any atom is -0.314 e. The monoisotopic (exact) mass is 181 g/mol. The summed E-state index contributed by atoms with van der Waals surface area (Å²) in [5.41, 5.74) is -0.233. The Bertz CT molecular complexity index is 254. The quantitative estimate of drug-likeness (QED) is 0.560. The molecule has 2 saturated heterocycles. The van der Waals surface area contributed by atoms with E-state index in [1.807, 2.05) is 0 Å². The van der Waals surface area contributed by atoms with Crippen molar-refractivity contribution in [3.8, 4) is 0 Å². The summed E-state index contributed by atoms with van der Waals surface area (Å²) >= 11 is 0. The largest absolute Gasteiger partial charge is 0.314 e. The highest BCUT2D eigenvalue weighted by Crippen LogP contribution is 2.37. The van der Waals surface area contributed by atoms with E-state index in [4.69, 9.17) is 5.41 Å². The van der Waals surface area contributed by atoms with Crippen LogP contribution < -0.4 is 5.32 Å². The maximum Gasteiger partial charge on any atom is 0.232 e. The molecule has 4 nitrogen and oxygen atoms in total. The molecular weight excluding hydrogens is 166 g/mol. The summed E-state index contributed by atoms with van der Waals surface area (Å²) in [5, 5.41) is 10.1. The molecule has 2 aliphatic rings. The maximum absolute atomic E-state index is 11.6. The Morgan fingerprint density at radius 2 is 2.08 bits per heavy atom. The number of likely N-dealkylation sites (tertiary alicyclic amines) is 1. The molecule has 0 unspecified atom stereocenters. The minimum absolute atomic E-state index is 0.0746. The first kappa shape index (κ1) is 8.69. The highest BCUT2D eigenvalue weighted by atomic mass is 16.2. The molecule has 2 aliphatic heterocycles. The fraction of sp³-hybridized carbons (Fsp3) is 0.778. The number of amides is 1. The van der Waals surface area contributed by atoms with Crippen LogP contribution in [0.3, 0.4) is 0 Å². The van der Waals surface area contributed by atoms with Crippen LogP contribution in [0.2, 0.25) is 0 Å². The van der Waals surface area contributed by atoms with Gasteiger partial charge in [-0.3, -0.25) is 10.2 Å². The van der Waals surface area contributed by atoms with Crippen molar-refractivity contribution < 1.29 is 4.79 Å². The Labute approximate surface area is 77.8 Å². The van der Waals surface area contributed by atoms with Crippen LogP contribution in [0.4, 0.5) is 0 Å². The Balaban J connectivity index is 2.13. The van der Waals surface area contributed by atoms with E-state index in [1.165, 1.54) is 0 Å². The van der Waals surface area contributed by atoms with Crippen LogP contribution >= 0.6 is 0 Å². The van der Waals surface area contributed by atoms with Gasteiger partial charge >= 0.3 is 0 Å². The van der Waals surface area contributed by atoms with Gasteiger partial charge in [0.05, 0.1) is 5.41 Å². The van der Waals surface area contributed by atoms with Crippen molar-refractivity contribution in [1.29, 1.82) is 5.41 Å². The standard InChI is InChI=1S/C9H15N3O/c1-12-4-2-9(3-5-12)6-7(10)11-8(9)13/h2-6H2,1H3,(H2,10,11,13). The predicted octanol–water partition coefficient (Wildman–Crippen LogP) is 0.196. The summed E-state index contributed by atoms with van der Waals surface area (Å²) in [6.45, 7) is 1.95. The lowest BCUT2D eigenvalue weighted by atomic mass is 9.77. The Morgan fingerprint density at radius 3 is 2.54 bits per heavy atom. The Morgan fingerprint density at radius 1 is 1.46 bits per heavy atom. The van der Waals surface area contributed by atoms with Gasteiger partial charge in [0.25, 0.3) is 0 Å². The second-order valence-corrected chi connectivity index (χ2v) is 4.19. The molecular formula is C9H15N3O. The molecule has 4 heteroatoms. The highest BCUT2D eigenvalue weighted by Gasteiger charge is 2.46. The van der Waals surface area contributed by atoms with Gasteiger partial charge < -0.3 is 10.2 Å². The number of piperidine rings is 1. The molecule has 0 aromatic heterocycles. The number of nitrogens with one attached hydrogen (secondary N) is 2. The number of hydrogen-bond donors (Lipinski definition) is 2. The van der Waals surface area contributed by atoms with Crippen LogP contribution in [0.25, 0.3) is 0 Å². The summed E-state index contributed by atoms with van der Waals surface area (Å²) in [4.78, 5) is 13.8. The molecule has 1 amide bonds. The van der Waals surface area contributed by atoms with Gasteiger partial charge in [-0.05, 0) is 33.0 Å². The van der Waals surface area contributed by atoms with E-state index in [0.717, 1.165) is 25.9 Å². The summed E-state index contributed by atoms with van der Waals surface area (Å²) in [6.07, 6.45) is 2.43. The van der Waals surface area contributed by atoms with Crippen LogP contribution in [0.1, 0.15) is 19.3 Å². The van der Waals surface area contributed by atoms with Crippen molar-refractivity contribution in [3.63, 3.8) is 0 Å². The molecule has 1 spiro atoms. The average molecular weight is 181 g/mol. The molecule has 2 fully saturated rings. The molecule has 2 N–H and O–H groups in total. The first-order chi connectivity index (χ1) is 6.12. The van der Waals surface area contributed by atoms with Crippen molar-refractivity contribution in [2.45, 2.75) is 19.3 Å². The van der Waals surface area contributed by atoms with Crippen LogP contribution in [0.5, 0.6) is 0 Å². The van der Waals surface area contributed by atoms with Gasteiger partial charge in [0.15, 0.2) is 0 Å². The summed E-state index contributed by atoms with van der Waals surface area (Å²) in [5.74, 6) is 0.472. The summed E-state index contributed by atoms with van der Waals surface area (Å²) in [7, 11) is 2.07. The van der Waals surface area contributed by atoms with Crippen molar-refractivity contribution in [2.75, 3.05) is 20.1 Å². The third kappa shape index (κ3) is 1.35. The van der Waals surface area contributed by atoms with E-state index in [2.05, 4.69) is 17.3 Å². The lowest BCUT2D eigenvalue weighted by Crippen LogP contribution is -2.42. The normalized spacial score (nSPS) is 28.1. The lowest BCUT2D eigenvalue weighted by molar-refractivity contribution is -0.129. The smallest absolute Gasteiger partial charge is 0.232 e. The van der Waals surface area contributed by atoms with Crippen molar-refractivity contribution in [2.24, 2.45) is 5.41 Å². The topological polar surface area (TPSA) is 56.2 Å². The van der Waals surface area contributed by atoms with Crippen LogP contribution in [0, 0.1) is 10.8 Å². The van der Waals surface area contributed by atoms with Gasteiger partial charge in [-0.25, -0.2) is 0 Å². The maximum atomic E-state index is 11.6. The molecule has 0 radical (unpaired) electrons. The van der Waals surface area contributed by atoms with E-state index in [-0.39, 0.29) is 11.3 Å². The van der Waals surface area contributed by atoms with Gasteiger partial charge in [0.1, 0.15) is 5.84 Å². The molecule has 13 heavy (non-hydrogen) atoms. The lowest BCUT2D eigenvalue weighted by Gasteiger charge is -2.34. The zero-order valence-corrected chi connectivity index (χ0v) is 7.89. The zero-order chi connectivity index (χ0) is 9.47. The minimum atomic E-state index is -0.233. The highest BCUT2D eigenvalue weighted by molar-refractivity contribution is 6.07. The summed E-state index contributed by atoms with van der Waals surface area (Å²) in [6, 6.07) is 0.